The fourth-order valence-electron chi connectivity index (χ4n) is 1.94. The average Bonchev–Trinajstić information content (AvgIpc) is 2.93. The monoisotopic (exact) mass is 240 g/mol. The van der Waals surface area contributed by atoms with Crippen LogP contribution in [0.3, 0.4) is 0 Å². The minimum absolute atomic E-state index is 0.0524. The number of anilines is 1. The maximum absolute atomic E-state index is 13.4. The molecule has 18 heavy (non-hydrogen) atoms. The Labute approximate surface area is 103 Å². The van der Waals surface area contributed by atoms with Crippen LogP contribution < -0.4 is 5.32 Å². The van der Waals surface area contributed by atoms with Crippen LogP contribution in [0.15, 0.2) is 65.4 Å². The van der Waals surface area contributed by atoms with Crippen LogP contribution in [-0.4, -0.2) is 10.9 Å². The largest absolute Gasteiger partial charge is 0.304 e. The van der Waals surface area contributed by atoms with Gasteiger partial charge >= 0.3 is 0 Å². The fraction of sp³-hybridized carbons (Fsp3) is 0. The molecule has 3 nitrogen and oxygen atoms in total. The Morgan fingerprint density at radius 3 is 3.00 bits per heavy atom. The van der Waals surface area contributed by atoms with Crippen LogP contribution in [0.25, 0.3) is 0 Å². The van der Waals surface area contributed by atoms with E-state index in [0.29, 0.717) is 5.57 Å². The number of amides is 1. The first-order valence-corrected chi connectivity index (χ1v) is 5.48. The van der Waals surface area contributed by atoms with Gasteiger partial charge in [0.05, 0.1) is 0 Å². The number of nitrogens with one attached hydrogen (secondary N) is 1. The highest BCUT2D eigenvalue weighted by Gasteiger charge is 2.21. The summed E-state index contributed by atoms with van der Waals surface area (Å²) in [5.41, 5.74) is 2.39. The third-order valence-electron chi connectivity index (χ3n) is 2.80. The van der Waals surface area contributed by atoms with Crippen LogP contribution in [0, 0.1) is 5.82 Å². The molecular weight excluding hydrogens is 231 g/mol. The quantitative estimate of drug-likeness (QED) is 0.863. The van der Waals surface area contributed by atoms with Crippen molar-refractivity contribution in [3.63, 3.8) is 0 Å². The Kier molecular flexibility index (Phi) is 2.41. The maximum atomic E-state index is 13.4. The molecule has 1 N–H and O–H groups in total. The average molecular weight is 240 g/mol. The molecular formula is C14H9FN2O. The highest BCUT2D eigenvalue weighted by atomic mass is 19.1. The molecule has 0 saturated heterocycles. The van der Waals surface area contributed by atoms with Crippen molar-refractivity contribution in [1.29, 1.82) is 0 Å². The second kappa shape index (κ2) is 4.07. The molecule has 1 amide bonds. The summed E-state index contributed by atoms with van der Waals surface area (Å²) in [6.07, 6.45) is 10.7. The Balaban J connectivity index is 1.88. The highest BCUT2D eigenvalue weighted by molar-refractivity contribution is 6.08. The predicted molar refractivity (Wildman–Crippen MR) is 66.2 cm³/mol. The lowest BCUT2D eigenvalue weighted by Gasteiger charge is -2.05. The predicted octanol–water partition coefficient (Wildman–Crippen LogP) is 2.52. The maximum Gasteiger partial charge on any atom is 0.257 e. The number of fused-ring (bicyclic) bond motifs is 1. The number of pyridine rings is 1. The molecule has 0 bridgehead atoms. The van der Waals surface area contributed by atoms with E-state index in [-0.39, 0.29) is 11.7 Å². The number of hydrogen-bond donors (Lipinski definition) is 1. The van der Waals surface area contributed by atoms with Gasteiger partial charge in [0.1, 0.15) is 0 Å². The molecule has 2 aliphatic rings. The Bertz CT molecular complexity index is 654. The molecule has 0 unspecified atom stereocenters. The fourth-order valence-corrected chi connectivity index (χ4v) is 1.94. The number of nitrogens with zero attached hydrogens (tertiary/aromatic N) is 1. The Hall–Kier alpha value is -2.49. The molecule has 4 heteroatoms. The second-order valence-corrected chi connectivity index (χ2v) is 3.93. The molecule has 0 aromatic carbocycles. The summed E-state index contributed by atoms with van der Waals surface area (Å²) in [6, 6.07) is 2.73. The molecule has 1 aromatic rings. The van der Waals surface area contributed by atoms with Crippen LogP contribution in [0.2, 0.25) is 0 Å². The van der Waals surface area contributed by atoms with Crippen LogP contribution in [0.1, 0.15) is 0 Å². The molecule has 0 spiro atoms. The zero-order valence-corrected chi connectivity index (χ0v) is 9.35. The van der Waals surface area contributed by atoms with E-state index in [1.165, 1.54) is 18.3 Å². The van der Waals surface area contributed by atoms with E-state index in [4.69, 9.17) is 0 Å². The van der Waals surface area contributed by atoms with Crippen molar-refractivity contribution in [2.75, 3.05) is 5.32 Å². The van der Waals surface area contributed by atoms with Gasteiger partial charge in [0.2, 0.25) is 0 Å². The van der Waals surface area contributed by atoms with Crippen molar-refractivity contribution in [3.8, 4) is 0 Å². The summed E-state index contributed by atoms with van der Waals surface area (Å²) in [7, 11) is 0. The SMILES string of the molecule is O=C(Nc1ncccc1F)C1=C2C=CC=C2C=C1. The third kappa shape index (κ3) is 1.68. The zero-order chi connectivity index (χ0) is 12.5. The molecule has 0 aliphatic heterocycles. The van der Waals surface area contributed by atoms with E-state index in [2.05, 4.69) is 10.3 Å². The summed E-state index contributed by atoms with van der Waals surface area (Å²) in [5, 5.41) is 2.47. The van der Waals surface area contributed by atoms with Crippen molar-refractivity contribution in [3.05, 3.63) is 71.2 Å². The van der Waals surface area contributed by atoms with Gasteiger partial charge in [-0.2, -0.15) is 0 Å². The van der Waals surface area contributed by atoms with Crippen molar-refractivity contribution in [1.82, 2.24) is 4.98 Å². The van der Waals surface area contributed by atoms with Crippen LogP contribution in [0.4, 0.5) is 10.2 Å². The first-order chi connectivity index (χ1) is 8.75. The Morgan fingerprint density at radius 2 is 2.17 bits per heavy atom. The van der Waals surface area contributed by atoms with Gasteiger partial charge in [-0.3, -0.25) is 4.79 Å². The van der Waals surface area contributed by atoms with E-state index in [1.807, 2.05) is 24.3 Å². The smallest absolute Gasteiger partial charge is 0.257 e. The van der Waals surface area contributed by atoms with Crippen LogP contribution in [-0.2, 0) is 4.79 Å². The number of rotatable bonds is 2. The molecule has 0 saturated carbocycles. The molecule has 0 radical (unpaired) electrons. The van der Waals surface area contributed by atoms with Crippen molar-refractivity contribution >= 4 is 11.7 Å². The minimum Gasteiger partial charge on any atom is -0.304 e. The van der Waals surface area contributed by atoms with Gasteiger partial charge in [0, 0.05) is 11.8 Å². The standard InChI is InChI=1S/C14H9FN2O/c15-12-5-2-8-16-13(12)17-14(18)11-7-6-9-3-1-4-10(9)11/h1-8H,(H,16,17,18). The van der Waals surface area contributed by atoms with E-state index >= 15 is 0 Å². The molecule has 0 fully saturated rings. The van der Waals surface area contributed by atoms with Gasteiger partial charge in [0.25, 0.3) is 5.91 Å². The molecule has 88 valence electrons. The highest BCUT2D eigenvalue weighted by Crippen LogP contribution is 2.30. The van der Waals surface area contributed by atoms with Gasteiger partial charge in [0.15, 0.2) is 11.6 Å². The molecule has 0 atom stereocenters. The van der Waals surface area contributed by atoms with Gasteiger partial charge in [-0.15, -0.1) is 0 Å². The second-order valence-electron chi connectivity index (χ2n) is 3.93. The number of halogens is 1. The van der Waals surface area contributed by atoms with E-state index in [1.54, 1.807) is 6.08 Å². The van der Waals surface area contributed by atoms with Crippen molar-refractivity contribution < 1.29 is 9.18 Å². The molecule has 1 heterocycles. The van der Waals surface area contributed by atoms with Crippen molar-refractivity contribution in [2.24, 2.45) is 0 Å². The Morgan fingerprint density at radius 1 is 1.28 bits per heavy atom. The normalized spacial score (nSPS) is 15.9. The number of aromatic nitrogens is 1. The summed E-state index contributed by atoms with van der Waals surface area (Å²) in [5.74, 6) is -0.951. The number of carbonyl (C=O) groups excluding carboxylic acids is 1. The van der Waals surface area contributed by atoms with Gasteiger partial charge in [-0.05, 0) is 29.4 Å². The summed E-state index contributed by atoms with van der Waals surface area (Å²) < 4.78 is 13.4. The van der Waals surface area contributed by atoms with E-state index < -0.39 is 5.82 Å². The topological polar surface area (TPSA) is 42.0 Å². The summed E-state index contributed by atoms with van der Waals surface area (Å²) >= 11 is 0. The lowest BCUT2D eigenvalue weighted by Crippen LogP contribution is -2.15. The van der Waals surface area contributed by atoms with Gasteiger partial charge < -0.3 is 5.32 Å². The molecule has 3 rings (SSSR count). The van der Waals surface area contributed by atoms with Gasteiger partial charge in [-0.25, -0.2) is 9.37 Å². The third-order valence-corrected chi connectivity index (χ3v) is 2.80. The zero-order valence-electron chi connectivity index (χ0n) is 9.35. The van der Waals surface area contributed by atoms with Gasteiger partial charge in [-0.1, -0.05) is 24.3 Å². The first-order valence-electron chi connectivity index (χ1n) is 5.48. The number of allylic oxidation sites excluding steroid dienone is 6. The van der Waals surface area contributed by atoms with Crippen molar-refractivity contribution in [2.45, 2.75) is 0 Å². The van der Waals surface area contributed by atoms with Crippen LogP contribution in [0.5, 0.6) is 0 Å². The molecule has 2 aliphatic carbocycles. The number of carbonyl (C=O) groups is 1. The van der Waals surface area contributed by atoms with Crippen LogP contribution >= 0.6 is 0 Å². The molecule has 1 aromatic heterocycles. The van der Waals surface area contributed by atoms with E-state index in [0.717, 1.165) is 11.1 Å². The first kappa shape index (κ1) is 10.7. The van der Waals surface area contributed by atoms with E-state index in [9.17, 15) is 9.18 Å². The lowest BCUT2D eigenvalue weighted by molar-refractivity contribution is -0.112. The summed E-state index contributed by atoms with van der Waals surface area (Å²) in [6.45, 7) is 0. The minimum atomic E-state index is -0.545. The lowest BCUT2D eigenvalue weighted by atomic mass is 10.1. The number of hydrogen-bond acceptors (Lipinski definition) is 2. The summed E-state index contributed by atoms with van der Waals surface area (Å²) in [4.78, 5) is 15.8.